The van der Waals surface area contributed by atoms with Gasteiger partial charge in [0.1, 0.15) is 11.9 Å². The van der Waals surface area contributed by atoms with E-state index in [9.17, 15) is 14.7 Å². The summed E-state index contributed by atoms with van der Waals surface area (Å²) in [4.78, 5) is 30.8. The van der Waals surface area contributed by atoms with Crippen molar-refractivity contribution in [1.82, 2.24) is 14.9 Å². The second-order valence-electron chi connectivity index (χ2n) is 8.30. The van der Waals surface area contributed by atoms with Crippen LogP contribution in [0.5, 0.6) is 0 Å². The summed E-state index contributed by atoms with van der Waals surface area (Å²) in [5.41, 5.74) is 8.62. The number of halogens is 4. The van der Waals surface area contributed by atoms with Crippen molar-refractivity contribution >= 4 is 76.6 Å². The van der Waals surface area contributed by atoms with Gasteiger partial charge in [0.25, 0.3) is 0 Å². The molecule has 0 aliphatic rings. The number of aryl methyl sites for hydroxylation is 2. The van der Waals surface area contributed by atoms with E-state index in [4.69, 9.17) is 33.9 Å². The Hall–Kier alpha value is -1.45. The molecule has 4 N–H and O–H groups in total. The van der Waals surface area contributed by atoms with Crippen molar-refractivity contribution in [2.24, 2.45) is 18.7 Å². The van der Waals surface area contributed by atoms with Crippen LogP contribution < -0.4 is 16.0 Å². The Labute approximate surface area is 223 Å². The molecule has 1 aromatic heterocycles. The fourth-order valence-corrected chi connectivity index (χ4v) is 4.06. The fourth-order valence-electron chi connectivity index (χ4n) is 3.66. The van der Waals surface area contributed by atoms with E-state index in [1.807, 2.05) is 43.7 Å². The normalized spacial score (nSPS) is 12.6. The average molecular weight is 559 g/mol. The molecule has 0 aliphatic carbocycles. The monoisotopic (exact) mass is 557 g/mol. The number of nitrogens with zero attached hydrogens (tertiary/aromatic N) is 3. The minimum Gasteiger partial charge on any atom is -0.480 e. The third-order valence-electron chi connectivity index (χ3n) is 5.36. The van der Waals surface area contributed by atoms with E-state index in [0.717, 1.165) is 22.5 Å². The Morgan fingerprint density at radius 2 is 1.82 bits per heavy atom. The van der Waals surface area contributed by atoms with Crippen LogP contribution in [0.2, 0.25) is 0 Å². The van der Waals surface area contributed by atoms with Gasteiger partial charge in [0, 0.05) is 44.0 Å². The van der Waals surface area contributed by atoms with E-state index in [-0.39, 0.29) is 37.2 Å². The SMILES string of the molecule is CC(C)C[C@H](N)C(=O)N[C@@H](CCc1nc2cc(N(CCCl)CCCl)ccc2n1C)C(=O)O.Cl.Cl. The molecule has 1 amide bonds. The van der Waals surface area contributed by atoms with Gasteiger partial charge >= 0.3 is 5.97 Å². The van der Waals surface area contributed by atoms with Crippen LogP contribution in [0.4, 0.5) is 5.69 Å². The van der Waals surface area contributed by atoms with E-state index < -0.39 is 24.0 Å². The Bertz CT molecular complexity index is 919. The molecule has 0 fully saturated rings. The highest BCUT2D eigenvalue weighted by Crippen LogP contribution is 2.23. The minimum atomic E-state index is -1.09. The van der Waals surface area contributed by atoms with Crippen LogP contribution in [0.1, 0.15) is 32.5 Å². The molecule has 2 aromatic rings. The predicted octanol–water partition coefficient (Wildman–Crippen LogP) is 3.58. The molecule has 0 unspecified atom stereocenters. The highest BCUT2D eigenvalue weighted by atomic mass is 35.5. The second-order valence-corrected chi connectivity index (χ2v) is 9.06. The van der Waals surface area contributed by atoms with E-state index in [2.05, 4.69) is 10.2 Å². The van der Waals surface area contributed by atoms with Crippen LogP contribution in [0.15, 0.2) is 18.2 Å². The summed E-state index contributed by atoms with van der Waals surface area (Å²) in [6, 6.07) is 4.22. The van der Waals surface area contributed by atoms with Gasteiger partial charge in [-0.25, -0.2) is 9.78 Å². The largest absolute Gasteiger partial charge is 0.480 e. The van der Waals surface area contributed by atoms with E-state index >= 15 is 0 Å². The number of hydrogen-bond donors (Lipinski definition) is 3. The number of amides is 1. The van der Waals surface area contributed by atoms with Crippen LogP contribution >= 0.6 is 48.0 Å². The van der Waals surface area contributed by atoms with Crippen molar-refractivity contribution in [3.63, 3.8) is 0 Å². The van der Waals surface area contributed by atoms with Gasteiger partial charge in [-0.2, -0.15) is 0 Å². The molecule has 1 aromatic carbocycles. The number of carboxylic acid groups (broad SMARTS) is 1. The third-order valence-corrected chi connectivity index (χ3v) is 5.70. The number of alkyl halides is 2. The maximum atomic E-state index is 12.3. The van der Waals surface area contributed by atoms with Crippen LogP contribution in [0.25, 0.3) is 11.0 Å². The Morgan fingerprint density at radius 1 is 1.21 bits per heavy atom. The quantitative estimate of drug-likeness (QED) is 0.324. The maximum absolute atomic E-state index is 12.3. The van der Waals surface area contributed by atoms with Crippen molar-refractivity contribution in [1.29, 1.82) is 0 Å². The van der Waals surface area contributed by atoms with Crippen LogP contribution in [-0.4, -0.2) is 63.5 Å². The molecule has 2 atom stereocenters. The number of carboxylic acids is 1. The molecule has 0 bridgehead atoms. The molecule has 194 valence electrons. The summed E-state index contributed by atoms with van der Waals surface area (Å²) < 4.78 is 1.94. The molecule has 0 radical (unpaired) electrons. The molecule has 2 rings (SSSR count). The molecule has 0 saturated carbocycles. The Morgan fingerprint density at radius 3 is 2.35 bits per heavy atom. The molecular weight excluding hydrogens is 524 g/mol. The first kappa shape index (κ1) is 32.5. The smallest absolute Gasteiger partial charge is 0.326 e. The predicted molar refractivity (Wildman–Crippen MR) is 144 cm³/mol. The zero-order chi connectivity index (χ0) is 23.8. The number of benzene rings is 1. The van der Waals surface area contributed by atoms with Gasteiger partial charge in [-0.3, -0.25) is 4.79 Å². The van der Waals surface area contributed by atoms with Crippen LogP contribution in [0.3, 0.4) is 0 Å². The number of hydrogen-bond acceptors (Lipinski definition) is 5. The lowest BCUT2D eigenvalue weighted by Crippen LogP contribution is -2.49. The standard InChI is InChI=1S/C22H33Cl2N5O3.2ClH/c1-14(2)12-16(25)21(30)27-17(22(31)32)5-7-20-26-18-13-15(4-6-19(18)28(20)3)29(10-8-23)11-9-24;;/h4,6,13-14,16-17H,5,7-12,25H2,1-3H3,(H,27,30)(H,31,32);2*1H/t16-,17-;;/m0../s1. The topological polar surface area (TPSA) is 113 Å². The summed E-state index contributed by atoms with van der Waals surface area (Å²) in [6.07, 6.45) is 1.10. The number of imidazole rings is 1. The third kappa shape index (κ3) is 8.96. The highest BCUT2D eigenvalue weighted by Gasteiger charge is 2.24. The lowest BCUT2D eigenvalue weighted by molar-refractivity contribution is -0.142. The summed E-state index contributed by atoms with van der Waals surface area (Å²) in [6.45, 7) is 5.28. The molecule has 0 saturated heterocycles. The first-order valence-corrected chi connectivity index (χ1v) is 11.9. The first-order chi connectivity index (χ1) is 15.2. The number of carbonyl (C=O) groups is 2. The fraction of sp³-hybridized carbons (Fsp3) is 0.591. The summed E-state index contributed by atoms with van der Waals surface area (Å²) in [5, 5.41) is 12.1. The zero-order valence-electron chi connectivity index (χ0n) is 19.7. The molecule has 1 heterocycles. The molecule has 34 heavy (non-hydrogen) atoms. The molecule has 8 nitrogen and oxygen atoms in total. The van der Waals surface area contributed by atoms with E-state index in [1.54, 1.807) is 0 Å². The van der Waals surface area contributed by atoms with Crippen LogP contribution in [-0.2, 0) is 23.1 Å². The van der Waals surface area contributed by atoms with Gasteiger partial charge in [-0.15, -0.1) is 48.0 Å². The number of anilines is 1. The van der Waals surface area contributed by atoms with Gasteiger partial charge in [-0.1, -0.05) is 13.8 Å². The molecule has 12 heteroatoms. The van der Waals surface area contributed by atoms with Gasteiger partial charge < -0.3 is 25.6 Å². The number of nitrogens with one attached hydrogen (secondary N) is 1. The highest BCUT2D eigenvalue weighted by molar-refractivity contribution is 6.18. The van der Waals surface area contributed by atoms with Crippen molar-refractivity contribution in [2.45, 2.75) is 45.2 Å². The number of nitrogens with two attached hydrogens (primary N) is 1. The minimum absolute atomic E-state index is 0. The summed E-state index contributed by atoms with van der Waals surface area (Å²) in [7, 11) is 1.90. The molecular formula is C22H35Cl4N5O3. The lowest BCUT2D eigenvalue weighted by atomic mass is 10.0. The zero-order valence-corrected chi connectivity index (χ0v) is 22.8. The van der Waals surface area contributed by atoms with Crippen molar-refractivity contribution in [2.75, 3.05) is 29.7 Å². The number of aliphatic carboxylic acids is 1. The van der Waals surface area contributed by atoms with Gasteiger partial charge in [0.05, 0.1) is 17.1 Å². The van der Waals surface area contributed by atoms with Crippen molar-refractivity contribution in [3.05, 3.63) is 24.0 Å². The number of rotatable bonds is 13. The van der Waals surface area contributed by atoms with Gasteiger partial charge in [0.2, 0.25) is 5.91 Å². The van der Waals surface area contributed by atoms with Crippen molar-refractivity contribution in [3.8, 4) is 0 Å². The van der Waals surface area contributed by atoms with Gasteiger partial charge in [-0.05, 0) is 37.0 Å². The Kier molecular flexibility index (Phi) is 14.9. The first-order valence-electron chi connectivity index (χ1n) is 10.8. The van der Waals surface area contributed by atoms with E-state index in [1.165, 1.54) is 0 Å². The number of carbonyl (C=O) groups excluding carboxylic acids is 1. The second kappa shape index (κ2) is 15.5. The van der Waals surface area contributed by atoms with Gasteiger partial charge in [0.15, 0.2) is 0 Å². The molecule has 0 aliphatic heterocycles. The number of fused-ring (bicyclic) bond motifs is 1. The number of aromatic nitrogens is 2. The lowest BCUT2D eigenvalue weighted by Gasteiger charge is -2.22. The maximum Gasteiger partial charge on any atom is 0.326 e. The van der Waals surface area contributed by atoms with E-state index in [0.29, 0.717) is 37.7 Å². The Balaban J connectivity index is 0.00000544. The summed E-state index contributed by atoms with van der Waals surface area (Å²) >= 11 is 11.8. The van der Waals surface area contributed by atoms with Crippen LogP contribution in [0, 0.1) is 5.92 Å². The molecule has 0 spiro atoms. The van der Waals surface area contributed by atoms with Crippen molar-refractivity contribution < 1.29 is 14.7 Å². The average Bonchev–Trinajstić information content (AvgIpc) is 3.05. The summed E-state index contributed by atoms with van der Waals surface area (Å²) in [5.74, 6) is 0.434.